The highest BCUT2D eigenvalue weighted by molar-refractivity contribution is 14.0. The molecule has 8 heteroatoms. The Balaban J connectivity index is 0.00000480. The van der Waals surface area contributed by atoms with Gasteiger partial charge in [0.15, 0.2) is 5.96 Å². The average Bonchev–Trinajstić information content (AvgIpc) is 2.72. The maximum atomic E-state index is 11.6. The maximum Gasteiger partial charge on any atom is 0.215 e. The van der Waals surface area contributed by atoms with Crippen LogP contribution in [0.3, 0.4) is 0 Å². The fourth-order valence-corrected chi connectivity index (χ4v) is 3.90. The van der Waals surface area contributed by atoms with Gasteiger partial charge < -0.3 is 10.6 Å². The van der Waals surface area contributed by atoms with Crippen LogP contribution in [0.5, 0.6) is 0 Å². The zero-order chi connectivity index (χ0) is 22.1. The summed E-state index contributed by atoms with van der Waals surface area (Å²) in [7, 11) is -0.0852. The third-order valence-electron chi connectivity index (χ3n) is 4.85. The van der Waals surface area contributed by atoms with Gasteiger partial charge in [-0.1, -0.05) is 62.4 Å². The fraction of sp³-hybridized carbons (Fsp3) is 0.435. The van der Waals surface area contributed by atoms with Crippen molar-refractivity contribution in [3.05, 3.63) is 70.8 Å². The first-order valence-electron chi connectivity index (χ1n) is 10.3. The van der Waals surface area contributed by atoms with Crippen molar-refractivity contribution in [2.45, 2.75) is 45.5 Å². The van der Waals surface area contributed by atoms with E-state index in [1.165, 1.54) is 18.2 Å². The number of guanidine groups is 1. The van der Waals surface area contributed by atoms with E-state index in [1.54, 1.807) is 7.05 Å². The maximum absolute atomic E-state index is 11.6. The summed E-state index contributed by atoms with van der Waals surface area (Å²) < 4.78 is 25.6. The molecule has 0 radical (unpaired) electrons. The molecule has 0 aliphatic heterocycles. The van der Waals surface area contributed by atoms with Gasteiger partial charge in [-0.15, -0.1) is 24.0 Å². The number of aliphatic imine (C=N–C) groups is 1. The molecule has 1 atom stereocenters. The second-order valence-corrected chi connectivity index (χ2v) is 9.84. The Morgan fingerprint density at radius 3 is 2.00 bits per heavy atom. The molecule has 0 heterocycles. The Labute approximate surface area is 204 Å². The molecule has 0 fully saturated rings. The number of hydrogen-bond donors (Lipinski definition) is 3. The summed E-state index contributed by atoms with van der Waals surface area (Å²) in [5.41, 5.74) is 4.37. The molecule has 0 spiro atoms. The van der Waals surface area contributed by atoms with Gasteiger partial charge in [0.1, 0.15) is 0 Å². The van der Waals surface area contributed by atoms with E-state index in [1.807, 2.05) is 24.3 Å². The van der Waals surface area contributed by atoms with Crippen LogP contribution >= 0.6 is 24.0 Å². The molecule has 0 aliphatic carbocycles. The minimum Gasteiger partial charge on any atom is -0.352 e. The molecule has 0 aliphatic rings. The Morgan fingerprint density at radius 1 is 0.935 bits per heavy atom. The van der Waals surface area contributed by atoms with Gasteiger partial charge in [0, 0.05) is 13.6 Å². The number of nitrogens with zero attached hydrogens (tertiary/aromatic N) is 1. The number of halogens is 1. The lowest BCUT2D eigenvalue weighted by Gasteiger charge is -2.19. The van der Waals surface area contributed by atoms with Crippen LogP contribution in [-0.4, -0.2) is 28.5 Å². The normalized spacial score (nSPS) is 12.9. The molecule has 2 rings (SSSR count). The number of hydrogen-bond acceptors (Lipinski definition) is 3. The van der Waals surface area contributed by atoms with Gasteiger partial charge in [-0.05, 0) is 48.6 Å². The highest BCUT2D eigenvalue weighted by Gasteiger charge is 2.10. The molecule has 31 heavy (non-hydrogen) atoms. The zero-order valence-electron chi connectivity index (χ0n) is 19.0. The number of nitrogens with one attached hydrogen (secondary N) is 3. The van der Waals surface area contributed by atoms with Crippen LogP contribution in [-0.2, 0) is 28.7 Å². The zero-order valence-corrected chi connectivity index (χ0v) is 22.1. The van der Waals surface area contributed by atoms with E-state index < -0.39 is 10.0 Å². The minimum atomic E-state index is -3.26. The van der Waals surface area contributed by atoms with Crippen molar-refractivity contribution in [3.63, 3.8) is 0 Å². The van der Waals surface area contributed by atoms with Crippen LogP contribution in [0, 0.1) is 5.92 Å². The summed E-state index contributed by atoms with van der Waals surface area (Å²) in [6, 6.07) is 16.4. The predicted octanol–water partition coefficient (Wildman–Crippen LogP) is 3.98. The van der Waals surface area contributed by atoms with E-state index in [4.69, 9.17) is 0 Å². The van der Waals surface area contributed by atoms with Gasteiger partial charge in [0.05, 0.1) is 11.8 Å². The molecule has 0 saturated carbocycles. The molecule has 0 saturated heterocycles. The summed E-state index contributed by atoms with van der Waals surface area (Å²) in [5, 5.41) is 6.73. The standard InChI is InChI=1S/C23H34N4O2S.HI/c1-17(2)14-19-10-12-22(13-11-19)18(3)27-23(24-4)26-15-20-6-8-21(9-7-20)16-30(28,29)25-5;/h6-13,17-18,25H,14-16H2,1-5H3,(H2,24,26,27);1H. The van der Waals surface area contributed by atoms with Crippen LogP contribution in [0.15, 0.2) is 53.5 Å². The van der Waals surface area contributed by atoms with Crippen molar-refractivity contribution in [2.75, 3.05) is 14.1 Å². The summed E-state index contributed by atoms with van der Waals surface area (Å²) >= 11 is 0. The first-order valence-corrected chi connectivity index (χ1v) is 11.9. The molecule has 0 aromatic heterocycles. The van der Waals surface area contributed by atoms with Gasteiger partial charge in [-0.25, -0.2) is 13.1 Å². The minimum absolute atomic E-state index is 0. The smallest absolute Gasteiger partial charge is 0.215 e. The SMILES string of the molecule is CN=C(NCc1ccc(CS(=O)(=O)NC)cc1)NC(C)c1ccc(CC(C)C)cc1.I. The monoisotopic (exact) mass is 558 g/mol. The number of benzene rings is 2. The quantitative estimate of drug-likeness (QED) is 0.247. The molecule has 1 unspecified atom stereocenters. The first-order chi connectivity index (χ1) is 14.2. The van der Waals surface area contributed by atoms with Crippen molar-refractivity contribution in [3.8, 4) is 0 Å². The molecule has 2 aromatic rings. The Morgan fingerprint density at radius 2 is 1.48 bits per heavy atom. The van der Waals surface area contributed by atoms with E-state index >= 15 is 0 Å². The van der Waals surface area contributed by atoms with E-state index in [2.05, 4.69) is 65.4 Å². The van der Waals surface area contributed by atoms with Gasteiger partial charge in [-0.3, -0.25) is 4.99 Å². The lowest BCUT2D eigenvalue weighted by atomic mass is 10.00. The van der Waals surface area contributed by atoms with E-state index in [9.17, 15) is 8.42 Å². The molecule has 0 amide bonds. The van der Waals surface area contributed by atoms with Crippen molar-refractivity contribution >= 4 is 40.0 Å². The molecular formula is C23H35IN4O2S. The highest BCUT2D eigenvalue weighted by Crippen LogP contribution is 2.15. The van der Waals surface area contributed by atoms with Gasteiger partial charge in [0.2, 0.25) is 10.0 Å². The molecule has 0 bridgehead atoms. The molecule has 172 valence electrons. The summed E-state index contributed by atoms with van der Waals surface area (Å²) in [5.74, 6) is 1.35. The Bertz CT molecular complexity index is 927. The van der Waals surface area contributed by atoms with Crippen molar-refractivity contribution in [1.82, 2.24) is 15.4 Å². The number of sulfonamides is 1. The number of rotatable bonds is 9. The third-order valence-corrected chi connectivity index (χ3v) is 6.19. The lowest BCUT2D eigenvalue weighted by molar-refractivity contribution is 0.587. The van der Waals surface area contributed by atoms with Crippen LogP contribution in [0.4, 0.5) is 0 Å². The fourth-order valence-electron chi connectivity index (χ4n) is 3.13. The molecular weight excluding hydrogens is 523 g/mol. The summed E-state index contributed by atoms with van der Waals surface area (Å²) in [4.78, 5) is 4.31. The van der Waals surface area contributed by atoms with Crippen molar-refractivity contribution in [1.29, 1.82) is 0 Å². The van der Waals surface area contributed by atoms with Crippen LogP contribution in [0.1, 0.15) is 49.1 Å². The summed E-state index contributed by atoms with van der Waals surface area (Å²) in [6.07, 6.45) is 1.09. The van der Waals surface area contributed by atoms with E-state index in [-0.39, 0.29) is 35.8 Å². The largest absolute Gasteiger partial charge is 0.352 e. The molecule has 6 nitrogen and oxygen atoms in total. The van der Waals surface area contributed by atoms with Crippen molar-refractivity contribution in [2.24, 2.45) is 10.9 Å². The Kier molecular flexibility index (Phi) is 11.5. The van der Waals surface area contributed by atoms with E-state index in [0.29, 0.717) is 12.5 Å². The van der Waals surface area contributed by atoms with E-state index in [0.717, 1.165) is 23.5 Å². The van der Waals surface area contributed by atoms with Crippen LogP contribution in [0.25, 0.3) is 0 Å². The first kappa shape index (κ1) is 27.4. The second kappa shape index (κ2) is 13.0. The second-order valence-electron chi connectivity index (χ2n) is 7.91. The third kappa shape index (κ3) is 9.57. The van der Waals surface area contributed by atoms with Gasteiger partial charge >= 0.3 is 0 Å². The Hall–Kier alpha value is -1.65. The molecule has 2 aromatic carbocycles. The predicted molar refractivity (Wildman–Crippen MR) is 140 cm³/mol. The topological polar surface area (TPSA) is 82.6 Å². The molecule has 3 N–H and O–H groups in total. The van der Waals surface area contributed by atoms with Crippen LogP contribution in [0.2, 0.25) is 0 Å². The summed E-state index contributed by atoms with van der Waals surface area (Å²) in [6.45, 7) is 7.16. The lowest BCUT2D eigenvalue weighted by Crippen LogP contribution is -2.38. The van der Waals surface area contributed by atoms with Gasteiger partial charge in [-0.2, -0.15) is 0 Å². The average molecular weight is 559 g/mol. The van der Waals surface area contributed by atoms with Gasteiger partial charge in [0.25, 0.3) is 0 Å². The highest BCUT2D eigenvalue weighted by atomic mass is 127. The van der Waals surface area contributed by atoms with Crippen molar-refractivity contribution < 1.29 is 8.42 Å². The van der Waals surface area contributed by atoms with Crippen LogP contribution < -0.4 is 15.4 Å².